The van der Waals surface area contributed by atoms with Crippen LogP contribution in [0, 0.1) is 0 Å². The van der Waals surface area contributed by atoms with Gasteiger partial charge in [-0.3, -0.25) is 14.4 Å². The fourth-order valence-corrected chi connectivity index (χ4v) is 3.75. The number of esters is 1. The van der Waals surface area contributed by atoms with Crippen molar-refractivity contribution in [2.45, 2.75) is 25.8 Å². The number of anilines is 1. The standard InChI is InChI=1S/C21H21BrN2O4/c1-13(25)24-9-8-15-10-16(6-7-19(15)24)21(27)23-18(12-20(26)28-2)14-4-3-5-17(22)11-14/h3-7,10-11,18H,8-9,12H2,1-2H3,(H,23,27). The van der Waals surface area contributed by atoms with Gasteiger partial charge in [0.15, 0.2) is 0 Å². The Bertz CT molecular complexity index is 928. The average molecular weight is 445 g/mol. The van der Waals surface area contributed by atoms with Gasteiger partial charge in [-0.25, -0.2) is 0 Å². The van der Waals surface area contributed by atoms with Gasteiger partial charge < -0.3 is 15.0 Å². The number of halogens is 1. The van der Waals surface area contributed by atoms with Gasteiger partial charge in [0.05, 0.1) is 19.6 Å². The molecule has 2 amide bonds. The van der Waals surface area contributed by atoms with E-state index in [4.69, 9.17) is 4.74 Å². The molecule has 1 N–H and O–H groups in total. The Labute approximate surface area is 172 Å². The molecular weight excluding hydrogens is 424 g/mol. The summed E-state index contributed by atoms with van der Waals surface area (Å²) in [7, 11) is 1.32. The SMILES string of the molecule is COC(=O)CC(NC(=O)c1ccc2c(c1)CCN2C(C)=O)c1cccc(Br)c1. The van der Waals surface area contributed by atoms with Crippen molar-refractivity contribution in [2.24, 2.45) is 0 Å². The third-order valence-electron chi connectivity index (χ3n) is 4.77. The molecule has 0 spiro atoms. The summed E-state index contributed by atoms with van der Waals surface area (Å²) in [5.41, 5.74) is 3.11. The molecule has 7 heteroatoms. The van der Waals surface area contributed by atoms with Gasteiger partial charge in [-0.15, -0.1) is 0 Å². The van der Waals surface area contributed by atoms with Crippen LogP contribution in [0.4, 0.5) is 5.69 Å². The van der Waals surface area contributed by atoms with Crippen LogP contribution in [0.2, 0.25) is 0 Å². The van der Waals surface area contributed by atoms with Crippen LogP contribution in [-0.2, 0) is 20.7 Å². The Morgan fingerprint density at radius 3 is 2.68 bits per heavy atom. The fraction of sp³-hybridized carbons (Fsp3) is 0.286. The van der Waals surface area contributed by atoms with E-state index in [1.165, 1.54) is 14.0 Å². The molecular formula is C21H21BrN2O4. The first kappa shape index (κ1) is 20.1. The lowest BCUT2D eigenvalue weighted by Gasteiger charge is -2.19. The zero-order chi connectivity index (χ0) is 20.3. The smallest absolute Gasteiger partial charge is 0.307 e. The summed E-state index contributed by atoms with van der Waals surface area (Å²) in [6.07, 6.45) is 0.745. The van der Waals surface area contributed by atoms with Crippen molar-refractivity contribution >= 4 is 39.4 Å². The highest BCUT2D eigenvalue weighted by Crippen LogP contribution is 2.29. The first-order chi connectivity index (χ1) is 13.4. The van der Waals surface area contributed by atoms with Crippen molar-refractivity contribution in [3.63, 3.8) is 0 Å². The van der Waals surface area contributed by atoms with E-state index in [1.807, 2.05) is 30.3 Å². The van der Waals surface area contributed by atoms with Gasteiger partial charge in [0.1, 0.15) is 0 Å². The van der Waals surface area contributed by atoms with Gasteiger partial charge in [0.25, 0.3) is 5.91 Å². The lowest BCUT2D eigenvalue weighted by Crippen LogP contribution is -2.30. The molecule has 0 saturated heterocycles. The number of hydrogen-bond donors (Lipinski definition) is 1. The van der Waals surface area contributed by atoms with E-state index >= 15 is 0 Å². The highest BCUT2D eigenvalue weighted by molar-refractivity contribution is 9.10. The molecule has 3 rings (SSSR count). The maximum atomic E-state index is 12.8. The summed E-state index contributed by atoms with van der Waals surface area (Å²) in [6.45, 7) is 2.16. The second kappa shape index (κ2) is 8.56. The number of rotatable bonds is 5. The third kappa shape index (κ3) is 4.42. The molecule has 0 bridgehead atoms. The maximum absolute atomic E-state index is 12.8. The zero-order valence-corrected chi connectivity index (χ0v) is 17.3. The molecule has 0 radical (unpaired) electrons. The highest BCUT2D eigenvalue weighted by Gasteiger charge is 2.24. The van der Waals surface area contributed by atoms with E-state index in [0.717, 1.165) is 21.3 Å². The first-order valence-electron chi connectivity index (χ1n) is 8.93. The van der Waals surface area contributed by atoms with Crippen LogP contribution in [0.15, 0.2) is 46.9 Å². The third-order valence-corrected chi connectivity index (χ3v) is 5.27. The second-order valence-electron chi connectivity index (χ2n) is 6.63. The molecule has 2 aromatic carbocycles. The number of methoxy groups -OCH3 is 1. The number of fused-ring (bicyclic) bond motifs is 1. The number of carbonyl (C=O) groups excluding carboxylic acids is 3. The predicted molar refractivity (Wildman–Crippen MR) is 109 cm³/mol. The minimum absolute atomic E-state index is 0.0104. The molecule has 1 unspecified atom stereocenters. The van der Waals surface area contributed by atoms with Crippen molar-refractivity contribution in [1.82, 2.24) is 5.32 Å². The Balaban J connectivity index is 1.82. The van der Waals surface area contributed by atoms with Crippen molar-refractivity contribution in [3.05, 3.63) is 63.6 Å². The van der Waals surface area contributed by atoms with E-state index in [0.29, 0.717) is 18.5 Å². The van der Waals surface area contributed by atoms with Gasteiger partial charge in [0, 0.05) is 29.2 Å². The Hall–Kier alpha value is -2.67. The normalized spacial score (nSPS) is 13.6. The molecule has 1 heterocycles. The van der Waals surface area contributed by atoms with Gasteiger partial charge >= 0.3 is 5.97 Å². The molecule has 2 aromatic rings. The summed E-state index contributed by atoms with van der Waals surface area (Å²) < 4.78 is 5.63. The number of carbonyl (C=O) groups is 3. The molecule has 1 aliphatic rings. The molecule has 146 valence electrons. The van der Waals surface area contributed by atoms with Crippen LogP contribution in [0.25, 0.3) is 0 Å². The Morgan fingerprint density at radius 2 is 2.00 bits per heavy atom. The van der Waals surface area contributed by atoms with E-state index in [-0.39, 0.29) is 18.2 Å². The molecule has 0 saturated carbocycles. The summed E-state index contributed by atoms with van der Waals surface area (Å²) in [6, 6.07) is 12.2. The summed E-state index contributed by atoms with van der Waals surface area (Å²) in [5.74, 6) is -0.696. The van der Waals surface area contributed by atoms with Crippen molar-refractivity contribution in [2.75, 3.05) is 18.6 Å². The lowest BCUT2D eigenvalue weighted by molar-refractivity contribution is -0.141. The van der Waals surface area contributed by atoms with Crippen LogP contribution in [-0.4, -0.2) is 31.4 Å². The maximum Gasteiger partial charge on any atom is 0.307 e. The predicted octanol–water partition coefficient (Wildman–Crippen LogP) is 3.39. The van der Waals surface area contributed by atoms with Crippen molar-refractivity contribution < 1.29 is 19.1 Å². The van der Waals surface area contributed by atoms with Crippen molar-refractivity contribution in [1.29, 1.82) is 0 Å². The lowest BCUT2D eigenvalue weighted by atomic mass is 10.0. The van der Waals surface area contributed by atoms with Crippen LogP contribution < -0.4 is 10.2 Å². The molecule has 28 heavy (non-hydrogen) atoms. The number of ether oxygens (including phenoxy) is 1. The zero-order valence-electron chi connectivity index (χ0n) is 15.7. The number of nitrogens with zero attached hydrogens (tertiary/aromatic N) is 1. The monoisotopic (exact) mass is 444 g/mol. The minimum Gasteiger partial charge on any atom is -0.469 e. The second-order valence-corrected chi connectivity index (χ2v) is 7.54. The molecule has 1 atom stereocenters. The quantitative estimate of drug-likeness (QED) is 0.716. The topological polar surface area (TPSA) is 75.7 Å². The van der Waals surface area contributed by atoms with E-state index in [1.54, 1.807) is 17.0 Å². The number of nitrogens with one attached hydrogen (secondary N) is 1. The van der Waals surface area contributed by atoms with E-state index in [2.05, 4.69) is 21.2 Å². The molecule has 0 aromatic heterocycles. The van der Waals surface area contributed by atoms with Gasteiger partial charge in [-0.2, -0.15) is 0 Å². The van der Waals surface area contributed by atoms with Crippen LogP contribution >= 0.6 is 15.9 Å². The first-order valence-corrected chi connectivity index (χ1v) is 9.72. The minimum atomic E-state index is -0.514. The molecule has 0 fully saturated rings. The number of benzene rings is 2. The van der Waals surface area contributed by atoms with Crippen LogP contribution in [0.5, 0.6) is 0 Å². The Kier molecular flexibility index (Phi) is 6.14. The Morgan fingerprint density at radius 1 is 1.21 bits per heavy atom. The number of hydrogen-bond acceptors (Lipinski definition) is 4. The van der Waals surface area contributed by atoms with Crippen LogP contribution in [0.3, 0.4) is 0 Å². The fourth-order valence-electron chi connectivity index (χ4n) is 3.34. The number of amides is 2. The highest BCUT2D eigenvalue weighted by atomic mass is 79.9. The summed E-state index contributed by atoms with van der Waals surface area (Å²) in [4.78, 5) is 38.1. The van der Waals surface area contributed by atoms with Gasteiger partial charge in [0.2, 0.25) is 5.91 Å². The summed E-state index contributed by atoms with van der Waals surface area (Å²) >= 11 is 3.41. The molecule has 1 aliphatic heterocycles. The van der Waals surface area contributed by atoms with Crippen LogP contribution in [0.1, 0.15) is 40.9 Å². The average Bonchev–Trinajstić information content (AvgIpc) is 3.10. The van der Waals surface area contributed by atoms with E-state index in [9.17, 15) is 14.4 Å². The van der Waals surface area contributed by atoms with Gasteiger partial charge in [-0.05, 0) is 47.9 Å². The van der Waals surface area contributed by atoms with Crippen molar-refractivity contribution in [3.8, 4) is 0 Å². The molecule has 0 aliphatic carbocycles. The van der Waals surface area contributed by atoms with Gasteiger partial charge in [-0.1, -0.05) is 28.1 Å². The summed E-state index contributed by atoms with van der Waals surface area (Å²) in [5, 5.41) is 2.93. The molecule has 6 nitrogen and oxygen atoms in total. The largest absolute Gasteiger partial charge is 0.469 e. The van der Waals surface area contributed by atoms with E-state index < -0.39 is 12.0 Å².